The second kappa shape index (κ2) is 16.8. The van der Waals surface area contributed by atoms with Crippen LogP contribution in [-0.4, -0.2) is 32.0 Å². The molecule has 0 aliphatic carbocycles. The summed E-state index contributed by atoms with van der Waals surface area (Å²) in [7, 11) is 0. The minimum atomic E-state index is 0.118. The number of hydrogen-bond acceptors (Lipinski definition) is 3. The van der Waals surface area contributed by atoms with E-state index in [1.54, 1.807) is 0 Å². The molecule has 0 unspecified atom stereocenters. The van der Waals surface area contributed by atoms with Gasteiger partial charge in [0.2, 0.25) is 0 Å². The van der Waals surface area contributed by atoms with E-state index in [9.17, 15) is 4.79 Å². The fourth-order valence-corrected chi connectivity index (χ4v) is 3.77. The Hall–Kier alpha value is -3.81. The molecule has 2 aromatic carbocycles. The van der Waals surface area contributed by atoms with Gasteiger partial charge in [-0.15, -0.1) is 5.73 Å². The molecular formula is C33H40N2O. The minimum Gasteiger partial charge on any atom is -0.372 e. The molecule has 36 heavy (non-hydrogen) atoms. The number of carbonyl (C=O) groups excluding carboxylic acids is 1. The van der Waals surface area contributed by atoms with Crippen LogP contribution in [0.3, 0.4) is 0 Å². The first-order valence-corrected chi connectivity index (χ1v) is 12.9. The highest BCUT2D eigenvalue weighted by Crippen LogP contribution is 2.17. The maximum absolute atomic E-state index is 12.3. The molecule has 0 amide bonds. The van der Waals surface area contributed by atoms with Crippen LogP contribution >= 0.6 is 0 Å². The number of allylic oxidation sites excluding steroid dienone is 8. The Bertz CT molecular complexity index is 1090. The molecule has 0 aliphatic heterocycles. The summed E-state index contributed by atoms with van der Waals surface area (Å²) in [5.74, 6) is 0.118. The minimum absolute atomic E-state index is 0.118. The maximum atomic E-state index is 12.3. The highest BCUT2D eigenvalue weighted by molar-refractivity contribution is 5.97. The van der Waals surface area contributed by atoms with Gasteiger partial charge < -0.3 is 9.80 Å². The Morgan fingerprint density at radius 1 is 0.667 bits per heavy atom. The number of anilines is 2. The van der Waals surface area contributed by atoms with E-state index in [4.69, 9.17) is 0 Å². The average molecular weight is 481 g/mol. The Labute approximate surface area is 218 Å². The standard InChI is InChI=1S/C33H40N2O/c1-5-34(6-2)31-25-21-29(22-26-31)19-17-15-13-11-9-10-12-14-16-18-20-33(36)30-23-27-32(28-24-30)35(7-3)8-4/h9-11,13-19,21-28H,5-8,20H2,1-4H3/b11-9?,15-13?,18-16+,19-17?. The Balaban J connectivity index is 1.73. The third-order valence-electron chi connectivity index (χ3n) is 5.90. The van der Waals surface area contributed by atoms with Gasteiger partial charge in [0, 0.05) is 49.5 Å². The highest BCUT2D eigenvalue weighted by Gasteiger charge is 2.06. The van der Waals surface area contributed by atoms with Gasteiger partial charge in [-0.2, -0.15) is 0 Å². The molecule has 3 nitrogen and oxygen atoms in total. The largest absolute Gasteiger partial charge is 0.372 e. The van der Waals surface area contributed by atoms with Crippen molar-refractivity contribution in [3.05, 3.63) is 120 Å². The van der Waals surface area contributed by atoms with Gasteiger partial charge in [-0.3, -0.25) is 4.79 Å². The molecule has 0 bridgehead atoms. The summed E-state index contributed by atoms with van der Waals surface area (Å²) < 4.78 is 0. The van der Waals surface area contributed by atoms with Crippen LogP contribution in [0.5, 0.6) is 0 Å². The van der Waals surface area contributed by atoms with Crippen molar-refractivity contribution in [2.75, 3.05) is 36.0 Å². The lowest BCUT2D eigenvalue weighted by Crippen LogP contribution is -2.21. The summed E-state index contributed by atoms with van der Waals surface area (Å²) in [6.07, 6.45) is 19.8. The lowest BCUT2D eigenvalue weighted by Gasteiger charge is -2.20. The van der Waals surface area contributed by atoms with Gasteiger partial charge in [-0.1, -0.05) is 60.7 Å². The summed E-state index contributed by atoms with van der Waals surface area (Å²) >= 11 is 0. The predicted octanol–water partition coefficient (Wildman–Crippen LogP) is 8.05. The van der Waals surface area contributed by atoms with Crippen molar-refractivity contribution >= 4 is 23.2 Å². The first-order valence-electron chi connectivity index (χ1n) is 12.9. The van der Waals surface area contributed by atoms with Gasteiger partial charge >= 0.3 is 0 Å². The van der Waals surface area contributed by atoms with E-state index in [1.165, 1.54) is 11.3 Å². The summed E-state index contributed by atoms with van der Waals surface area (Å²) in [5.41, 5.74) is 7.42. The van der Waals surface area contributed by atoms with E-state index in [0.29, 0.717) is 6.42 Å². The van der Waals surface area contributed by atoms with Crippen molar-refractivity contribution in [3.63, 3.8) is 0 Å². The van der Waals surface area contributed by atoms with Gasteiger partial charge in [-0.05, 0) is 81.8 Å². The quantitative estimate of drug-likeness (QED) is 0.155. The summed E-state index contributed by atoms with van der Waals surface area (Å²) in [4.78, 5) is 16.9. The average Bonchev–Trinajstić information content (AvgIpc) is 2.91. The van der Waals surface area contributed by atoms with Gasteiger partial charge in [0.15, 0.2) is 5.78 Å². The summed E-state index contributed by atoms with van der Waals surface area (Å²) in [5, 5.41) is 0. The number of nitrogens with zero attached hydrogens (tertiary/aromatic N) is 2. The number of hydrogen-bond donors (Lipinski definition) is 0. The third kappa shape index (κ3) is 9.82. The molecule has 0 N–H and O–H groups in total. The normalized spacial score (nSPS) is 11.4. The molecule has 0 heterocycles. The zero-order chi connectivity index (χ0) is 26.0. The van der Waals surface area contributed by atoms with Crippen molar-refractivity contribution in [1.82, 2.24) is 0 Å². The van der Waals surface area contributed by atoms with Crippen molar-refractivity contribution in [1.29, 1.82) is 0 Å². The topological polar surface area (TPSA) is 23.6 Å². The van der Waals surface area contributed by atoms with Gasteiger partial charge in [0.25, 0.3) is 0 Å². The first kappa shape index (κ1) is 28.4. The van der Waals surface area contributed by atoms with Crippen LogP contribution in [0.25, 0.3) is 6.08 Å². The Morgan fingerprint density at radius 3 is 1.75 bits per heavy atom. The van der Waals surface area contributed by atoms with E-state index < -0.39 is 0 Å². The molecule has 0 saturated carbocycles. The molecule has 2 rings (SSSR count). The van der Waals surface area contributed by atoms with Crippen LogP contribution in [0, 0.1) is 0 Å². The highest BCUT2D eigenvalue weighted by atomic mass is 16.1. The zero-order valence-corrected chi connectivity index (χ0v) is 22.2. The van der Waals surface area contributed by atoms with Crippen molar-refractivity contribution in [2.24, 2.45) is 0 Å². The van der Waals surface area contributed by atoms with Gasteiger partial charge in [-0.25, -0.2) is 0 Å². The van der Waals surface area contributed by atoms with Crippen LogP contribution in [-0.2, 0) is 0 Å². The van der Waals surface area contributed by atoms with Crippen molar-refractivity contribution in [3.8, 4) is 0 Å². The summed E-state index contributed by atoms with van der Waals surface area (Å²) in [6, 6.07) is 16.5. The predicted molar refractivity (Wildman–Crippen MR) is 158 cm³/mol. The Kier molecular flexibility index (Phi) is 13.2. The fraction of sp³-hybridized carbons (Fsp3) is 0.273. The van der Waals surface area contributed by atoms with Gasteiger partial charge in [0.05, 0.1) is 0 Å². The molecule has 0 radical (unpaired) electrons. The van der Waals surface area contributed by atoms with Crippen molar-refractivity contribution < 1.29 is 4.79 Å². The Morgan fingerprint density at radius 2 is 1.17 bits per heavy atom. The number of ketones is 1. The molecule has 0 aliphatic rings. The molecule has 3 heteroatoms. The molecule has 188 valence electrons. The van der Waals surface area contributed by atoms with Crippen LogP contribution in [0.2, 0.25) is 0 Å². The molecule has 0 fully saturated rings. The number of benzene rings is 2. The number of rotatable bonds is 14. The van der Waals surface area contributed by atoms with Gasteiger partial charge in [0.1, 0.15) is 0 Å². The maximum Gasteiger partial charge on any atom is 0.166 e. The lowest BCUT2D eigenvalue weighted by atomic mass is 10.1. The van der Waals surface area contributed by atoms with E-state index >= 15 is 0 Å². The fourth-order valence-electron chi connectivity index (χ4n) is 3.77. The van der Waals surface area contributed by atoms with Crippen LogP contribution in [0.1, 0.15) is 50.0 Å². The molecular weight excluding hydrogens is 440 g/mol. The lowest BCUT2D eigenvalue weighted by molar-refractivity contribution is 0.0996. The van der Waals surface area contributed by atoms with E-state index in [0.717, 1.165) is 37.4 Å². The van der Waals surface area contributed by atoms with E-state index in [-0.39, 0.29) is 5.78 Å². The van der Waals surface area contributed by atoms with E-state index in [1.807, 2.05) is 78.9 Å². The van der Waals surface area contributed by atoms with Crippen LogP contribution in [0.15, 0.2) is 109 Å². The monoisotopic (exact) mass is 480 g/mol. The molecule has 0 saturated heterocycles. The molecule has 0 atom stereocenters. The number of carbonyl (C=O) groups is 1. The number of Topliss-reactive ketones (excluding diaryl/α,β-unsaturated/α-hetero) is 1. The van der Waals surface area contributed by atoms with E-state index in [2.05, 4.69) is 73.6 Å². The summed E-state index contributed by atoms with van der Waals surface area (Å²) in [6.45, 7) is 12.6. The molecule has 0 spiro atoms. The molecule has 2 aromatic rings. The zero-order valence-electron chi connectivity index (χ0n) is 22.2. The first-order chi connectivity index (χ1) is 17.6. The van der Waals surface area contributed by atoms with Crippen LogP contribution in [0.4, 0.5) is 11.4 Å². The van der Waals surface area contributed by atoms with Crippen LogP contribution < -0.4 is 9.80 Å². The SMILES string of the molecule is CCN(CC)c1ccc(C=CC=CC=CC=C=C/C=C/CC(=O)c2ccc(N(CC)CC)cc2)cc1. The smallest absolute Gasteiger partial charge is 0.166 e. The third-order valence-corrected chi connectivity index (χ3v) is 5.90. The second-order valence-corrected chi connectivity index (χ2v) is 8.17. The molecule has 0 aromatic heterocycles. The van der Waals surface area contributed by atoms with Crippen molar-refractivity contribution in [2.45, 2.75) is 34.1 Å². The second-order valence-electron chi connectivity index (χ2n) is 8.17.